The topological polar surface area (TPSA) is 67.2 Å². The first-order chi connectivity index (χ1) is 13.8. The van der Waals surface area contributed by atoms with Gasteiger partial charge in [-0.3, -0.25) is 4.40 Å². The summed E-state index contributed by atoms with van der Waals surface area (Å²) in [6, 6.07) is 7.84. The lowest BCUT2D eigenvalue weighted by molar-refractivity contribution is 0.376. The molecule has 3 heterocycles. The summed E-state index contributed by atoms with van der Waals surface area (Å²) >= 11 is 1.52. The molecule has 1 aromatic carbocycles. The van der Waals surface area contributed by atoms with Crippen LogP contribution in [-0.4, -0.2) is 55.4 Å². The Bertz CT molecular complexity index is 1130. The average Bonchev–Trinajstić information content (AvgIpc) is 3.24. The van der Waals surface area contributed by atoms with Gasteiger partial charge in [-0.15, -0.1) is 11.3 Å². The number of nitrogens with zero attached hydrogens (tertiary/aromatic N) is 4. The van der Waals surface area contributed by atoms with Crippen LogP contribution >= 0.6 is 11.3 Å². The maximum Gasteiger partial charge on any atom is 0.261 e. The summed E-state index contributed by atoms with van der Waals surface area (Å²) in [6.07, 6.45) is 1.87. The fourth-order valence-corrected chi connectivity index (χ4v) is 6.48. The zero-order chi connectivity index (χ0) is 20.8. The van der Waals surface area contributed by atoms with E-state index in [0.717, 1.165) is 21.3 Å². The lowest BCUT2D eigenvalue weighted by Gasteiger charge is -2.35. The maximum absolute atomic E-state index is 13.6. The molecule has 9 heteroatoms. The monoisotopic (exact) mass is 434 g/mol. The lowest BCUT2D eigenvalue weighted by atomic mass is 10.2. The molecule has 7 nitrogen and oxygen atoms in total. The number of piperazine rings is 1. The molecule has 1 saturated heterocycles. The minimum absolute atomic E-state index is 0.0297. The van der Waals surface area contributed by atoms with Crippen LogP contribution < -0.4 is 9.64 Å². The van der Waals surface area contributed by atoms with Crippen molar-refractivity contribution >= 4 is 32.0 Å². The summed E-state index contributed by atoms with van der Waals surface area (Å²) in [4.78, 5) is 8.58. The first kappa shape index (κ1) is 20.2. The Hall–Kier alpha value is -2.10. The van der Waals surface area contributed by atoms with Crippen LogP contribution in [0.3, 0.4) is 0 Å². The third-order valence-corrected chi connectivity index (χ3v) is 8.06. The number of hydrogen-bond acceptors (Lipinski definition) is 6. The Kier molecular flexibility index (Phi) is 5.30. The summed E-state index contributed by atoms with van der Waals surface area (Å²) in [5, 5.41) is 0.317. The Balaban J connectivity index is 1.63. The molecule has 1 aliphatic heterocycles. The van der Waals surface area contributed by atoms with Crippen LogP contribution in [0.2, 0.25) is 0 Å². The number of anilines is 1. The van der Waals surface area contributed by atoms with Crippen LogP contribution in [0.1, 0.15) is 30.3 Å². The van der Waals surface area contributed by atoms with E-state index >= 15 is 0 Å². The summed E-state index contributed by atoms with van der Waals surface area (Å²) in [5.41, 5.74) is 1.64. The molecule has 29 heavy (non-hydrogen) atoms. The van der Waals surface area contributed by atoms with Crippen LogP contribution in [0.15, 0.2) is 35.5 Å². The van der Waals surface area contributed by atoms with Crippen molar-refractivity contribution < 1.29 is 13.2 Å². The van der Waals surface area contributed by atoms with Crippen molar-refractivity contribution in [3.05, 3.63) is 41.0 Å². The summed E-state index contributed by atoms with van der Waals surface area (Å²) in [6.45, 7) is 8.01. The van der Waals surface area contributed by atoms with Crippen molar-refractivity contribution in [2.75, 3.05) is 38.2 Å². The van der Waals surface area contributed by atoms with E-state index in [1.807, 2.05) is 51.2 Å². The van der Waals surface area contributed by atoms with E-state index in [4.69, 9.17) is 4.74 Å². The number of rotatable bonds is 5. The second-order valence-electron chi connectivity index (χ2n) is 7.51. The summed E-state index contributed by atoms with van der Waals surface area (Å²) < 4.78 is 36.0. The SMILES string of the molecule is COc1ccccc1N1CCN(S(=O)(=O)c2c(C(C)C)nc3sc(C)cn23)CC1. The molecule has 0 unspecified atom stereocenters. The van der Waals surface area contributed by atoms with Gasteiger partial charge in [-0.25, -0.2) is 13.4 Å². The number of ether oxygens (including phenoxy) is 1. The van der Waals surface area contributed by atoms with E-state index in [0.29, 0.717) is 36.9 Å². The van der Waals surface area contributed by atoms with E-state index in [1.165, 1.54) is 11.3 Å². The van der Waals surface area contributed by atoms with Gasteiger partial charge in [-0.2, -0.15) is 4.31 Å². The Morgan fingerprint density at radius 1 is 1.14 bits per heavy atom. The smallest absolute Gasteiger partial charge is 0.261 e. The molecule has 0 bridgehead atoms. The van der Waals surface area contributed by atoms with Crippen molar-refractivity contribution in [2.24, 2.45) is 0 Å². The van der Waals surface area contributed by atoms with Crippen molar-refractivity contribution in [2.45, 2.75) is 31.7 Å². The Morgan fingerprint density at radius 3 is 2.48 bits per heavy atom. The molecule has 1 fully saturated rings. The van der Waals surface area contributed by atoms with Gasteiger partial charge in [-0.05, 0) is 25.0 Å². The van der Waals surface area contributed by atoms with Crippen LogP contribution in [0.25, 0.3) is 4.96 Å². The third kappa shape index (κ3) is 3.51. The number of hydrogen-bond donors (Lipinski definition) is 0. The highest BCUT2D eigenvalue weighted by atomic mass is 32.2. The molecule has 156 valence electrons. The molecule has 4 rings (SSSR count). The van der Waals surface area contributed by atoms with Crippen molar-refractivity contribution in [3.8, 4) is 5.75 Å². The van der Waals surface area contributed by atoms with Gasteiger partial charge in [-0.1, -0.05) is 26.0 Å². The quantitative estimate of drug-likeness (QED) is 0.616. The number of methoxy groups -OCH3 is 1. The van der Waals surface area contributed by atoms with Gasteiger partial charge in [0.25, 0.3) is 10.0 Å². The minimum atomic E-state index is -3.65. The molecule has 0 aliphatic carbocycles. The standard InChI is InChI=1S/C20H26N4O3S2/c1-14(2)18-19(24-13-15(3)28-20(24)21-18)29(25,26)23-11-9-22(10-12-23)16-7-5-6-8-17(16)27-4/h5-8,13-14H,9-12H2,1-4H3. The number of sulfonamides is 1. The zero-order valence-corrected chi connectivity index (χ0v) is 18.8. The maximum atomic E-state index is 13.6. The molecule has 1 aliphatic rings. The first-order valence-corrected chi connectivity index (χ1v) is 11.9. The first-order valence-electron chi connectivity index (χ1n) is 9.69. The van der Waals surface area contributed by atoms with Crippen LogP contribution in [0.4, 0.5) is 5.69 Å². The van der Waals surface area contributed by atoms with Gasteiger partial charge in [0.2, 0.25) is 0 Å². The zero-order valence-electron chi connectivity index (χ0n) is 17.1. The highest BCUT2D eigenvalue weighted by molar-refractivity contribution is 7.89. The minimum Gasteiger partial charge on any atom is -0.495 e. The number of imidazole rings is 1. The number of para-hydroxylation sites is 2. The normalized spacial score (nSPS) is 16.1. The van der Waals surface area contributed by atoms with Crippen LogP contribution in [-0.2, 0) is 10.0 Å². The number of aromatic nitrogens is 2. The number of fused-ring (bicyclic) bond motifs is 1. The van der Waals surface area contributed by atoms with Gasteiger partial charge in [0.1, 0.15) is 5.75 Å². The lowest BCUT2D eigenvalue weighted by Crippen LogP contribution is -2.49. The van der Waals surface area contributed by atoms with Crippen molar-refractivity contribution in [1.82, 2.24) is 13.7 Å². The van der Waals surface area contributed by atoms with Crippen molar-refractivity contribution in [1.29, 1.82) is 0 Å². The molecular weight excluding hydrogens is 408 g/mol. The van der Waals surface area contributed by atoms with E-state index < -0.39 is 10.0 Å². The highest BCUT2D eigenvalue weighted by Gasteiger charge is 2.35. The number of thiazole rings is 1. The van der Waals surface area contributed by atoms with Gasteiger partial charge in [0, 0.05) is 37.3 Å². The van der Waals surface area contributed by atoms with Gasteiger partial charge in [0.15, 0.2) is 9.99 Å². The molecular formula is C20H26N4O3S2. The fourth-order valence-electron chi connectivity index (χ4n) is 3.77. The van der Waals surface area contributed by atoms with E-state index in [1.54, 1.807) is 15.8 Å². The predicted octanol–water partition coefficient (Wildman–Crippen LogP) is 3.35. The highest BCUT2D eigenvalue weighted by Crippen LogP contribution is 2.33. The molecule has 0 radical (unpaired) electrons. The fraction of sp³-hybridized carbons (Fsp3) is 0.450. The van der Waals surface area contributed by atoms with Gasteiger partial charge >= 0.3 is 0 Å². The van der Waals surface area contributed by atoms with Crippen molar-refractivity contribution in [3.63, 3.8) is 0 Å². The predicted molar refractivity (Wildman–Crippen MR) is 116 cm³/mol. The number of benzene rings is 1. The molecule has 0 N–H and O–H groups in total. The molecule has 3 aromatic rings. The van der Waals surface area contributed by atoms with Gasteiger partial charge in [0.05, 0.1) is 18.5 Å². The molecule has 2 aromatic heterocycles. The molecule has 0 spiro atoms. The number of aryl methyl sites for hydroxylation is 1. The van der Waals surface area contributed by atoms with Crippen LogP contribution in [0, 0.1) is 6.92 Å². The van der Waals surface area contributed by atoms with Crippen LogP contribution in [0.5, 0.6) is 5.75 Å². The molecule has 0 saturated carbocycles. The summed E-state index contributed by atoms with van der Waals surface area (Å²) in [5.74, 6) is 0.833. The molecule has 0 amide bonds. The second-order valence-corrected chi connectivity index (χ2v) is 10.6. The summed E-state index contributed by atoms with van der Waals surface area (Å²) in [7, 11) is -1.99. The second kappa shape index (κ2) is 7.62. The van der Waals surface area contributed by atoms with E-state index in [2.05, 4.69) is 9.88 Å². The van der Waals surface area contributed by atoms with E-state index in [-0.39, 0.29) is 5.92 Å². The van der Waals surface area contributed by atoms with E-state index in [9.17, 15) is 8.42 Å². The Morgan fingerprint density at radius 2 is 1.83 bits per heavy atom. The Labute approximate surface area is 175 Å². The largest absolute Gasteiger partial charge is 0.495 e. The van der Waals surface area contributed by atoms with Gasteiger partial charge < -0.3 is 9.64 Å². The molecule has 0 atom stereocenters. The average molecular weight is 435 g/mol. The third-order valence-electron chi connectivity index (χ3n) is 5.22.